The molecule has 2 heterocycles. The fourth-order valence-corrected chi connectivity index (χ4v) is 3.33. The van der Waals surface area contributed by atoms with Crippen LogP contribution in [-0.4, -0.2) is 39.5 Å². The Labute approximate surface area is 171 Å². The maximum absolute atomic E-state index is 13.4. The van der Waals surface area contributed by atoms with Gasteiger partial charge in [-0.05, 0) is 49.7 Å². The number of rotatable bonds is 5. The first-order valence-electron chi connectivity index (χ1n) is 9.46. The van der Waals surface area contributed by atoms with E-state index in [-0.39, 0.29) is 5.56 Å². The van der Waals surface area contributed by atoms with Crippen LogP contribution in [0.15, 0.2) is 40.9 Å². The SMILES string of the molecule is Cc1ccc2[nH]c(-c3nc(CCN(C)C(=O)c4ccc(F)c(F)c4)no3)c(C)c2c1. The minimum absolute atomic E-state index is 0.0780. The zero-order chi connectivity index (χ0) is 21.4. The van der Waals surface area contributed by atoms with Crippen LogP contribution < -0.4 is 0 Å². The average Bonchev–Trinajstić information content (AvgIpc) is 3.32. The number of aromatic nitrogens is 3. The molecule has 8 heteroatoms. The summed E-state index contributed by atoms with van der Waals surface area (Å²) < 4.78 is 31.8. The Bertz CT molecular complexity index is 1250. The minimum atomic E-state index is -1.05. The highest BCUT2D eigenvalue weighted by atomic mass is 19.2. The molecular weight excluding hydrogens is 390 g/mol. The largest absolute Gasteiger partial charge is 0.350 e. The van der Waals surface area contributed by atoms with Crippen molar-refractivity contribution in [1.82, 2.24) is 20.0 Å². The third-order valence-electron chi connectivity index (χ3n) is 5.08. The summed E-state index contributed by atoms with van der Waals surface area (Å²) in [6, 6.07) is 9.22. The molecular formula is C22H20F2N4O2. The minimum Gasteiger partial charge on any atom is -0.350 e. The van der Waals surface area contributed by atoms with Crippen molar-refractivity contribution in [2.45, 2.75) is 20.3 Å². The molecule has 0 fully saturated rings. The van der Waals surface area contributed by atoms with Crippen molar-refractivity contribution < 1.29 is 18.1 Å². The second-order valence-corrected chi connectivity index (χ2v) is 7.30. The molecule has 2 aromatic carbocycles. The van der Waals surface area contributed by atoms with Gasteiger partial charge in [-0.2, -0.15) is 4.98 Å². The number of nitrogens with zero attached hydrogens (tertiary/aromatic N) is 3. The second kappa shape index (κ2) is 7.70. The number of aryl methyl sites for hydroxylation is 2. The molecule has 2 aromatic heterocycles. The van der Waals surface area contributed by atoms with Crippen LogP contribution in [0.25, 0.3) is 22.5 Å². The summed E-state index contributed by atoms with van der Waals surface area (Å²) in [4.78, 5) is 21.5. The molecule has 0 spiro atoms. The van der Waals surface area contributed by atoms with Gasteiger partial charge in [-0.1, -0.05) is 16.8 Å². The van der Waals surface area contributed by atoms with Gasteiger partial charge in [0.1, 0.15) is 5.69 Å². The molecule has 6 nitrogen and oxygen atoms in total. The summed E-state index contributed by atoms with van der Waals surface area (Å²) in [5.41, 5.74) is 4.02. The summed E-state index contributed by atoms with van der Waals surface area (Å²) in [6.07, 6.45) is 0.355. The molecule has 0 bridgehead atoms. The standard InChI is InChI=1S/C22H20F2N4O2/c1-12-4-7-18-15(10-12)13(2)20(25-18)21-26-19(27-30-21)8-9-28(3)22(29)14-5-6-16(23)17(24)11-14/h4-7,10-11,25H,8-9H2,1-3H3. The number of hydrogen-bond donors (Lipinski definition) is 1. The van der Waals surface area contributed by atoms with E-state index in [9.17, 15) is 13.6 Å². The summed E-state index contributed by atoms with van der Waals surface area (Å²) in [7, 11) is 1.58. The molecule has 30 heavy (non-hydrogen) atoms. The van der Waals surface area contributed by atoms with Gasteiger partial charge >= 0.3 is 0 Å². The van der Waals surface area contributed by atoms with Crippen LogP contribution in [0.1, 0.15) is 27.3 Å². The van der Waals surface area contributed by atoms with E-state index in [0.717, 1.165) is 39.9 Å². The van der Waals surface area contributed by atoms with Crippen molar-refractivity contribution in [2.75, 3.05) is 13.6 Å². The van der Waals surface area contributed by atoms with Gasteiger partial charge in [-0.3, -0.25) is 4.79 Å². The molecule has 1 amide bonds. The molecule has 0 unspecified atom stereocenters. The lowest BCUT2D eigenvalue weighted by molar-refractivity contribution is 0.0795. The van der Waals surface area contributed by atoms with E-state index in [4.69, 9.17) is 4.52 Å². The van der Waals surface area contributed by atoms with Gasteiger partial charge in [0.2, 0.25) is 0 Å². The molecule has 0 aliphatic rings. The number of carbonyl (C=O) groups is 1. The molecule has 0 aliphatic carbocycles. The van der Waals surface area contributed by atoms with Crippen molar-refractivity contribution in [3.05, 3.63) is 70.5 Å². The Kier molecular flexibility index (Phi) is 5.07. The molecule has 154 valence electrons. The Morgan fingerprint density at radius 3 is 2.70 bits per heavy atom. The van der Waals surface area contributed by atoms with Gasteiger partial charge in [0.25, 0.3) is 11.8 Å². The number of hydrogen-bond acceptors (Lipinski definition) is 4. The lowest BCUT2D eigenvalue weighted by atomic mass is 10.1. The maximum Gasteiger partial charge on any atom is 0.274 e. The van der Waals surface area contributed by atoms with Gasteiger partial charge in [-0.25, -0.2) is 8.78 Å². The number of H-pyrrole nitrogens is 1. The number of likely N-dealkylation sites (N-methyl/N-ethyl adjacent to an activating group) is 1. The van der Waals surface area contributed by atoms with Crippen LogP contribution in [0.2, 0.25) is 0 Å². The van der Waals surface area contributed by atoms with Crippen LogP contribution >= 0.6 is 0 Å². The summed E-state index contributed by atoms with van der Waals surface area (Å²) in [5, 5.41) is 5.10. The number of nitrogens with one attached hydrogen (secondary N) is 1. The van der Waals surface area contributed by atoms with Crippen molar-refractivity contribution in [3.63, 3.8) is 0 Å². The van der Waals surface area contributed by atoms with Gasteiger partial charge in [0.05, 0.1) is 0 Å². The van der Waals surface area contributed by atoms with E-state index in [1.54, 1.807) is 7.05 Å². The highest BCUT2D eigenvalue weighted by Crippen LogP contribution is 2.29. The third kappa shape index (κ3) is 3.68. The molecule has 0 saturated heterocycles. The highest BCUT2D eigenvalue weighted by Gasteiger charge is 2.18. The maximum atomic E-state index is 13.4. The molecule has 0 atom stereocenters. The van der Waals surface area contributed by atoms with E-state index in [2.05, 4.69) is 21.2 Å². The van der Waals surface area contributed by atoms with Crippen LogP contribution in [0, 0.1) is 25.5 Å². The zero-order valence-corrected chi connectivity index (χ0v) is 16.8. The van der Waals surface area contributed by atoms with E-state index in [0.29, 0.717) is 24.7 Å². The van der Waals surface area contributed by atoms with E-state index >= 15 is 0 Å². The Morgan fingerprint density at radius 1 is 1.13 bits per heavy atom. The predicted octanol–water partition coefficient (Wildman–Crippen LogP) is 4.43. The second-order valence-electron chi connectivity index (χ2n) is 7.30. The lowest BCUT2D eigenvalue weighted by Crippen LogP contribution is -2.29. The first-order valence-corrected chi connectivity index (χ1v) is 9.46. The van der Waals surface area contributed by atoms with Crippen molar-refractivity contribution in [2.24, 2.45) is 0 Å². The third-order valence-corrected chi connectivity index (χ3v) is 5.08. The molecule has 1 N–H and O–H groups in total. The van der Waals surface area contributed by atoms with Crippen molar-refractivity contribution in [1.29, 1.82) is 0 Å². The van der Waals surface area contributed by atoms with Crippen LogP contribution in [-0.2, 0) is 6.42 Å². The highest BCUT2D eigenvalue weighted by molar-refractivity contribution is 5.94. The fourth-order valence-electron chi connectivity index (χ4n) is 3.33. The monoisotopic (exact) mass is 410 g/mol. The van der Waals surface area contributed by atoms with E-state index < -0.39 is 17.5 Å². The normalized spacial score (nSPS) is 11.2. The summed E-state index contributed by atoms with van der Waals surface area (Å²) >= 11 is 0. The van der Waals surface area contributed by atoms with Crippen molar-refractivity contribution in [3.8, 4) is 11.6 Å². The number of fused-ring (bicyclic) bond motifs is 1. The van der Waals surface area contributed by atoms with Gasteiger partial charge in [0.15, 0.2) is 17.5 Å². The first-order chi connectivity index (χ1) is 14.3. The van der Waals surface area contributed by atoms with Crippen LogP contribution in [0.5, 0.6) is 0 Å². The lowest BCUT2D eigenvalue weighted by Gasteiger charge is -2.16. The number of halogens is 2. The topological polar surface area (TPSA) is 75.0 Å². The summed E-state index contributed by atoms with van der Waals surface area (Å²) in [6.45, 7) is 4.32. The molecule has 0 radical (unpaired) electrons. The first kappa shape index (κ1) is 19.8. The van der Waals surface area contributed by atoms with Crippen molar-refractivity contribution >= 4 is 16.8 Å². The van der Waals surface area contributed by atoms with E-state index in [1.807, 2.05) is 26.0 Å². The Morgan fingerprint density at radius 2 is 1.93 bits per heavy atom. The fraction of sp³-hybridized carbons (Fsp3) is 0.227. The molecule has 0 aliphatic heterocycles. The Balaban J connectivity index is 1.46. The molecule has 4 rings (SSSR count). The average molecular weight is 410 g/mol. The predicted molar refractivity (Wildman–Crippen MR) is 108 cm³/mol. The van der Waals surface area contributed by atoms with Gasteiger partial charge in [-0.15, -0.1) is 0 Å². The van der Waals surface area contributed by atoms with Crippen LogP contribution in [0.4, 0.5) is 8.78 Å². The molecule has 0 saturated carbocycles. The van der Waals surface area contributed by atoms with Crippen LogP contribution in [0.3, 0.4) is 0 Å². The number of amides is 1. The number of aromatic amines is 1. The zero-order valence-electron chi connectivity index (χ0n) is 16.8. The quantitative estimate of drug-likeness (QED) is 0.528. The van der Waals surface area contributed by atoms with Gasteiger partial charge in [0, 0.05) is 36.5 Å². The smallest absolute Gasteiger partial charge is 0.274 e. The number of carbonyl (C=O) groups excluding carboxylic acids is 1. The Hall–Kier alpha value is -3.55. The number of benzene rings is 2. The van der Waals surface area contributed by atoms with Gasteiger partial charge < -0.3 is 14.4 Å². The summed E-state index contributed by atoms with van der Waals surface area (Å²) in [5.74, 6) is -1.63. The van der Waals surface area contributed by atoms with E-state index in [1.165, 1.54) is 11.0 Å². The molecule has 4 aromatic rings.